The highest BCUT2D eigenvalue weighted by Gasteiger charge is 2.11. The second kappa shape index (κ2) is 4.71. The molecule has 0 fully saturated rings. The SMILES string of the molecule is O=C(O)c1cccnc1Sc1ccncn1. The molecule has 2 heterocycles. The Hall–Kier alpha value is -1.95. The van der Waals surface area contributed by atoms with Crippen LogP contribution in [-0.2, 0) is 0 Å². The molecule has 0 atom stereocenters. The maximum Gasteiger partial charge on any atom is 0.338 e. The van der Waals surface area contributed by atoms with Gasteiger partial charge < -0.3 is 5.11 Å². The molecule has 16 heavy (non-hydrogen) atoms. The fourth-order valence-electron chi connectivity index (χ4n) is 1.07. The fourth-order valence-corrected chi connectivity index (χ4v) is 1.88. The zero-order valence-electron chi connectivity index (χ0n) is 8.07. The van der Waals surface area contributed by atoms with Gasteiger partial charge in [-0.25, -0.2) is 19.7 Å². The zero-order chi connectivity index (χ0) is 11.4. The normalized spacial score (nSPS) is 10.0. The quantitative estimate of drug-likeness (QED) is 0.813. The topological polar surface area (TPSA) is 76.0 Å². The van der Waals surface area contributed by atoms with E-state index < -0.39 is 5.97 Å². The lowest BCUT2D eigenvalue weighted by Crippen LogP contribution is -2.00. The molecule has 2 rings (SSSR count). The van der Waals surface area contributed by atoms with Gasteiger partial charge in [0.05, 0.1) is 5.56 Å². The highest BCUT2D eigenvalue weighted by Crippen LogP contribution is 2.26. The summed E-state index contributed by atoms with van der Waals surface area (Å²) in [5, 5.41) is 10.0. The summed E-state index contributed by atoms with van der Waals surface area (Å²) in [5.41, 5.74) is 0.172. The van der Waals surface area contributed by atoms with Crippen LogP contribution in [-0.4, -0.2) is 26.0 Å². The standard InChI is InChI=1S/C10H7N3O2S/c14-10(15)7-2-1-4-12-9(7)16-8-3-5-11-6-13-8/h1-6H,(H,14,15). The van der Waals surface area contributed by atoms with E-state index in [9.17, 15) is 4.79 Å². The van der Waals surface area contributed by atoms with Gasteiger partial charge in [-0.2, -0.15) is 0 Å². The highest BCUT2D eigenvalue weighted by atomic mass is 32.2. The van der Waals surface area contributed by atoms with Crippen LogP contribution in [0.3, 0.4) is 0 Å². The largest absolute Gasteiger partial charge is 0.478 e. The Morgan fingerprint density at radius 1 is 1.25 bits per heavy atom. The van der Waals surface area contributed by atoms with E-state index in [1.807, 2.05) is 0 Å². The van der Waals surface area contributed by atoms with Gasteiger partial charge in [0.15, 0.2) is 0 Å². The molecule has 0 bridgehead atoms. The summed E-state index contributed by atoms with van der Waals surface area (Å²) < 4.78 is 0. The van der Waals surface area contributed by atoms with E-state index in [0.29, 0.717) is 10.1 Å². The Balaban J connectivity index is 2.31. The molecule has 0 saturated heterocycles. The lowest BCUT2D eigenvalue weighted by molar-refractivity contribution is 0.0692. The molecule has 6 heteroatoms. The van der Waals surface area contributed by atoms with Gasteiger partial charge in [-0.1, -0.05) is 0 Å². The fraction of sp³-hybridized carbons (Fsp3) is 0. The number of aromatic carboxylic acids is 1. The van der Waals surface area contributed by atoms with Crippen LogP contribution in [0.1, 0.15) is 10.4 Å². The predicted molar refractivity (Wildman–Crippen MR) is 57.4 cm³/mol. The lowest BCUT2D eigenvalue weighted by atomic mass is 10.3. The van der Waals surface area contributed by atoms with Crippen LogP contribution in [0, 0.1) is 0 Å². The van der Waals surface area contributed by atoms with Crippen LogP contribution in [0.15, 0.2) is 47.0 Å². The van der Waals surface area contributed by atoms with Crippen molar-refractivity contribution in [1.82, 2.24) is 15.0 Å². The molecule has 0 aliphatic heterocycles. The number of pyridine rings is 1. The zero-order valence-corrected chi connectivity index (χ0v) is 8.89. The summed E-state index contributed by atoms with van der Waals surface area (Å²) in [6, 6.07) is 4.80. The number of carboxylic acid groups (broad SMARTS) is 1. The third kappa shape index (κ3) is 2.34. The Morgan fingerprint density at radius 2 is 2.12 bits per heavy atom. The summed E-state index contributed by atoms with van der Waals surface area (Å²) in [4.78, 5) is 22.7. The van der Waals surface area contributed by atoms with Crippen molar-refractivity contribution >= 4 is 17.7 Å². The predicted octanol–water partition coefficient (Wildman–Crippen LogP) is 1.72. The minimum absolute atomic E-state index is 0.172. The molecule has 80 valence electrons. The number of rotatable bonds is 3. The lowest BCUT2D eigenvalue weighted by Gasteiger charge is -2.02. The number of aromatic nitrogens is 3. The van der Waals surface area contributed by atoms with Crippen molar-refractivity contribution < 1.29 is 9.90 Å². The summed E-state index contributed by atoms with van der Waals surface area (Å²) in [5.74, 6) is -0.996. The Morgan fingerprint density at radius 3 is 2.81 bits per heavy atom. The van der Waals surface area contributed by atoms with Crippen molar-refractivity contribution in [3.8, 4) is 0 Å². The monoisotopic (exact) mass is 233 g/mol. The minimum Gasteiger partial charge on any atom is -0.478 e. The molecule has 0 aliphatic rings. The number of hydrogen-bond donors (Lipinski definition) is 1. The van der Waals surface area contributed by atoms with Crippen LogP contribution in [0.2, 0.25) is 0 Å². The number of carboxylic acids is 1. The van der Waals surface area contributed by atoms with E-state index in [2.05, 4.69) is 15.0 Å². The van der Waals surface area contributed by atoms with Crippen molar-refractivity contribution in [3.05, 3.63) is 42.5 Å². The van der Waals surface area contributed by atoms with E-state index in [1.54, 1.807) is 24.5 Å². The van der Waals surface area contributed by atoms with E-state index >= 15 is 0 Å². The first kappa shape index (κ1) is 10.6. The molecular formula is C10H7N3O2S. The van der Waals surface area contributed by atoms with Crippen LogP contribution >= 0.6 is 11.8 Å². The van der Waals surface area contributed by atoms with Gasteiger partial charge >= 0.3 is 5.97 Å². The Bertz CT molecular complexity index is 504. The molecular weight excluding hydrogens is 226 g/mol. The number of nitrogens with zero attached hydrogens (tertiary/aromatic N) is 3. The number of hydrogen-bond acceptors (Lipinski definition) is 5. The van der Waals surface area contributed by atoms with Gasteiger partial charge in [0.1, 0.15) is 16.4 Å². The maximum atomic E-state index is 10.9. The Labute approximate surface area is 95.6 Å². The summed E-state index contributed by atoms with van der Waals surface area (Å²) in [6.07, 6.45) is 4.56. The third-order valence-electron chi connectivity index (χ3n) is 1.76. The first-order valence-electron chi connectivity index (χ1n) is 4.39. The molecule has 0 radical (unpaired) electrons. The van der Waals surface area contributed by atoms with Crippen molar-refractivity contribution in [2.45, 2.75) is 10.1 Å². The second-order valence-electron chi connectivity index (χ2n) is 2.81. The van der Waals surface area contributed by atoms with Gasteiger partial charge in [-0.15, -0.1) is 0 Å². The first-order valence-corrected chi connectivity index (χ1v) is 5.21. The smallest absolute Gasteiger partial charge is 0.338 e. The van der Waals surface area contributed by atoms with Crippen molar-refractivity contribution in [2.75, 3.05) is 0 Å². The van der Waals surface area contributed by atoms with Crippen LogP contribution in [0.5, 0.6) is 0 Å². The van der Waals surface area contributed by atoms with Gasteiger partial charge in [0.25, 0.3) is 0 Å². The highest BCUT2D eigenvalue weighted by molar-refractivity contribution is 7.99. The first-order chi connectivity index (χ1) is 7.77. The van der Waals surface area contributed by atoms with Crippen LogP contribution in [0.25, 0.3) is 0 Å². The average Bonchev–Trinajstić information content (AvgIpc) is 2.31. The van der Waals surface area contributed by atoms with Crippen LogP contribution in [0.4, 0.5) is 0 Å². The van der Waals surface area contributed by atoms with E-state index in [-0.39, 0.29) is 5.56 Å². The molecule has 0 unspecified atom stereocenters. The molecule has 2 aromatic rings. The van der Waals surface area contributed by atoms with Crippen LogP contribution < -0.4 is 0 Å². The second-order valence-corrected chi connectivity index (χ2v) is 3.82. The molecule has 0 amide bonds. The van der Waals surface area contributed by atoms with E-state index in [0.717, 1.165) is 0 Å². The summed E-state index contributed by atoms with van der Waals surface area (Å²) in [6.45, 7) is 0. The molecule has 2 aromatic heterocycles. The minimum atomic E-state index is -0.996. The van der Waals surface area contributed by atoms with E-state index in [4.69, 9.17) is 5.11 Å². The third-order valence-corrected chi connectivity index (χ3v) is 2.73. The number of carbonyl (C=O) groups is 1. The van der Waals surface area contributed by atoms with Gasteiger partial charge in [0, 0.05) is 12.4 Å². The van der Waals surface area contributed by atoms with E-state index in [1.165, 1.54) is 24.2 Å². The summed E-state index contributed by atoms with van der Waals surface area (Å²) >= 11 is 1.20. The maximum absolute atomic E-state index is 10.9. The van der Waals surface area contributed by atoms with Crippen molar-refractivity contribution in [1.29, 1.82) is 0 Å². The Kier molecular flexibility index (Phi) is 3.11. The van der Waals surface area contributed by atoms with Gasteiger partial charge in [-0.3, -0.25) is 0 Å². The molecule has 1 N–H and O–H groups in total. The van der Waals surface area contributed by atoms with Crippen molar-refractivity contribution in [2.24, 2.45) is 0 Å². The summed E-state index contributed by atoms with van der Waals surface area (Å²) in [7, 11) is 0. The molecule has 0 saturated carbocycles. The van der Waals surface area contributed by atoms with Gasteiger partial charge in [0.2, 0.25) is 0 Å². The molecule has 0 aliphatic carbocycles. The van der Waals surface area contributed by atoms with Crippen molar-refractivity contribution in [3.63, 3.8) is 0 Å². The molecule has 5 nitrogen and oxygen atoms in total. The molecule has 0 spiro atoms. The molecule has 0 aromatic carbocycles. The average molecular weight is 233 g/mol. The van der Waals surface area contributed by atoms with Gasteiger partial charge in [-0.05, 0) is 30.0 Å².